The van der Waals surface area contributed by atoms with Gasteiger partial charge >= 0.3 is 0 Å². The number of carbonyl (C=O) groups is 2. The van der Waals surface area contributed by atoms with Gasteiger partial charge in [-0.05, 0) is 41.8 Å². The van der Waals surface area contributed by atoms with Gasteiger partial charge in [-0.1, -0.05) is 18.2 Å². The zero-order valence-corrected chi connectivity index (χ0v) is 16.1. The highest BCUT2D eigenvalue weighted by Gasteiger charge is 2.11. The van der Waals surface area contributed by atoms with Crippen LogP contribution in [-0.2, 0) is 13.0 Å². The minimum atomic E-state index is -0.297. The molecule has 2 N–H and O–H groups in total. The lowest BCUT2D eigenvalue weighted by molar-refractivity contribution is 0.0950. The molecule has 1 aromatic carbocycles. The van der Waals surface area contributed by atoms with E-state index >= 15 is 0 Å². The van der Waals surface area contributed by atoms with Crippen LogP contribution < -0.4 is 15.4 Å². The average molecular weight is 390 g/mol. The molecule has 148 valence electrons. The van der Waals surface area contributed by atoms with E-state index in [4.69, 9.17) is 4.74 Å². The molecule has 2 aromatic heterocycles. The van der Waals surface area contributed by atoms with E-state index < -0.39 is 0 Å². The van der Waals surface area contributed by atoms with Crippen LogP contribution in [0.3, 0.4) is 0 Å². The fraction of sp³-hybridized carbons (Fsp3) is 0.182. The van der Waals surface area contributed by atoms with Crippen molar-refractivity contribution < 1.29 is 14.3 Å². The molecule has 0 aliphatic heterocycles. The van der Waals surface area contributed by atoms with Crippen LogP contribution in [0, 0.1) is 0 Å². The van der Waals surface area contributed by atoms with Gasteiger partial charge in [0.15, 0.2) is 0 Å². The summed E-state index contributed by atoms with van der Waals surface area (Å²) in [5.41, 5.74) is 2.65. The Kier molecular flexibility index (Phi) is 6.89. The zero-order valence-electron chi connectivity index (χ0n) is 16.1. The van der Waals surface area contributed by atoms with E-state index in [0.29, 0.717) is 30.6 Å². The zero-order chi connectivity index (χ0) is 20.5. The molecule has 0 saturated heterocycles. The number of ether oxygens (including phenoxy) is 1. The molecular weight excluding hydrogens is 368 g/mol. The van der Waals surface area contributed by atoms with Crippen LogP contribution in [0.2, 0.25) is 0 Å². The number of hydrogen-bond acceptors (Lipinski definition) is 5. The molecule has 0 radical (unpaired) electrons. The number of rotatable bonds is 8. The van der Waals surface area contributed by atoms with Gasteiger partial charge in [0.2, 0.25) is 0 Å². The highest BCUT2D eigenvalue weighted by molar-refractivity contribution is 5.99. The molecule has 0 atom stereocenters. The van der Waals surface area contributed by atoms with Gasteiger partial charge in [0.1, 0.15) is 5.75 Å². The van der Waals surface area contributed by atoms with Crippen LogP contribution in [0.25, 0.3) is 0 Å². The normalized spacial score (nSPS) is 10.2. The SMILES string of the molecule is COc1ccc(CCNC(=O)c2cncc(C(=O)NCc3cccnc3)c2)cc1. The molecule has 7 nitrogen and oxygen atoms in total. The second kappa shape index (κ2) is 9.98. The number of hydrogen-bond donors (Lipinski definition) is 2. The second-order valence-corrected chi connectivity index (χ2v) is 6.36. The number of aromatic nitrogens is 2. The van der Waals surface area contributed by atoms with E-state index in [1.807, 2.05) is 30.3 Å². The molecule has 0 unspecified atom stereocenters. The van der Waals surface area contributed by atoms with Crippen LogP contribution in [-0.4, -0.2) is 35.4 Å². The Morgan fingerprint density at radius 1 is 0.897 bits per heavy atom. The van der Waals surface area contributed by atoms with Crippen molar-refractivity contribution in [3.05, 3.63) is 89.5 Å². The van der Waals surface area contributed by atoms with Crippen LogP contribution in [0.4, 0.5) is 0 Å². The highest BCUT2D eigenvalue weighted by atomic mass is 16.5. The Morgan fingerprint density at radius 3 is 2.28 bits per heavy atom. The first-order valence-electron chi connectivity index (χ1n) is 9.19. The van der Waals surface area contributed by atoms with Crippen LogP contribution in [0.15, 0.2) is 67.3 Å². The van der Waals surface area contributed by atoms with E-state index in [-0.39, 0.29) is 11.8 Å². The second-order valence-electron chi connectivity index (χ2n) is 6.36. The summed E-state index contributed by atoms with van der Waals surface area (Å²) in [5.74, 6) is 0.227. The van der Waals surface area contributed by atoms with Gasteiger partial charge in [0.05, 0.1) is 18.2 Å². The van der Waals surface area contributed by atoms with E-state index in [9.17, 15) is 9.59 Å². The number of benzene rings is 1. The summed E-state index contributed by atoms with van der Waals surface area (Å²) < 4.78 is 5.13. The van der Waals surface area contributed by atoms with Crippen molar-refractivity contribution in [1.82, 2.24) is 20.6 Å². The maximum atomic E-state index is 12.4. The average Bonchev–Trinajstić information content (AvgIpc) is 2.78. The van der Waals surface area contributed by atoms with Crippen molar-refractivity contribution in [3.63, 3.8) is 0 Å². The Balaban J connectivity index is 1.52. The number of methoxy groups -OCH3 is 1. The van der Waals surface area contributed by atoms with Gasteiger partial charge in [-0.3, -0.25) is 19.6 Å². The van der Waals surface area contributed by atoms with Gasteiger partial charge in [-0.25, -0.2) is 0 Å². The van der Waals surface area contributed by atoms with Crippen molar-refractivity contribution in [1.29, 1.82) is 0 Å². The summed E-state index contributed by atoms with van der Waals surface area (Å²) in [6.07, 6.45) is 6.93. The Hall–Kier alpha value is -3.74. The van der Waals surface area contributed by atoms with E-state index in [1.165, 1.54) is 18.5 Å². The summed E-state index contributed by atoms with van der Waals surface area (Å²) in [4.78, 5) is 32.7. The molecule has 3 rings (SSSR count). The summed E-state index contributed by atoms with van der Waals surface area (Å²) in [6.45, 7) is 0.827. The van der Waals surface area contributed by atoms with Crippen molar-refractivity contribution >= 4 is 11.8 Å². The Labute approximate surface area is 169 Å². The molecule has 0 fully saturated rings. The highest BCUT2D eigenvalue weighted by Crippen LogP contribution is 2.11. The molecule has 0 aliphatic rings. The minimum absolute atomic E-state index is 0.270. The van der Waals surface area contributed by atoms with Gasteiger partial charge in [0.25, 0.3) is 11.8 Å². The minimum Gasteiger partial charge on any atom is -0.497 e. The van der Waals surface area contributed by atoms with E-state index in [1.54, 1.807) is 25.6 Å². The quantitative estimate of drug-likeness (QED) is 0.616. The van der Waals surface area contributed by atoms with Crippen LogP contribution in [0.5, 0.6) is 5.75 Å². The monoisotopic (exact) mass is 390 g/mol. The van der Waals surface area contributed by atoms with E-state index in [2.05, 4.69) is 20.6 Å². The predicted molar refractivity (Wildman–Crippen MR) is 109 cm³/mol. The standard InChI is InChI=1S/C22H22N4O3/c1-29-20-6-4-16(5-7-20)8-10-25-21(27)18-11-19(15-24-14-18)22(28)26-13-17-3-2-9-23-12-17/h2-7,9,11-12,14-15H,8,10,13H2,1H3,(H,25,27)(H,26,28). The third-order valence-electron chi connectivity index (χ3n) is 4.30. The summed E-state index contributed by atoms with van der Waals surface area (Å²) in [7, 11) is 1.62. The summed E-state index contributed by atoms with van der Waals surface area (Å²) in [6, 6.07) is 12.9. The van der Waals surface area contributed by atoms with Gasteiger partial charge < -0.3 is 15.4 Å². The molecule has 2 heterocycles. The largest absolute Gasteiger partial charge is 0.497 e. The fourth-order valence-electron chi connectivity index (χ4n) is 2.69. The maximum absolute atomic E-state index is 12.4. The number of carbonyl (C=O) groups excluding carboxylic acids is 2. The van der Waals surface area contributed by atoms with Gasteiger partial charge in [-0.2, -0.15) is 0 Å². The predicted octanol–water partition coefficient (Wildman–Crippen LogP) is 2.39. The number of nitrogens with zero attached hydrogens (tertiary/aromatic N) is 2. The number of nitrogens with one attached hydrogen (secondary N) is 2. The fourth-order valence-corrected chi connectivity index (χ4v) is 2.69. The first kappa shape index (κ1) is 20.0. The lowest BCUT2D eigenvalue weighted by Gasteiger charge is -2.08. The molecule has 7 heteroatoms. The summed E-state index contributed by atoms with van der Waals surface area (Å²) >= 11 is 0. The number of amides is 2. The lowest BCUT2D eigenvalue weighted by Crippen LogP contribution is -2.27. The smallest absolute Gasteiger partial charge is 0.253 e. The van der Waals surface area contributed by atoms with Crippen LogP contribution >= 0.6 is 0 Å². The first-order chi connectivity index (χ1) is 14.2. The summed E-state index contributed by atoms with van der Waals surface area (Å²) in [5, 5.41) is 5.64. The third kappa shape index (κ3) is 5.87. The molecule has 2 amide bonds. The maximum Gasteiger partial charge on any atom is 0.253 e. The first-order valence-corrected chi connectivity index (χ1v) is 9.19. The Bertz CT molecular complexity index is 959. The molecule has 0 spiro atoms. The molecular formula is C22H22N4O3. The van der Waals surface area contributed by atoms with Crippen molar-refractivity contribution in [2.45, 2.75) is 13.0 Å². The molecule has 3 aromatic rings. The number of pyridine rings is 2. The van der Waals surface area contributed by atoms with Crippen molar-refractivity contribution in [3.8, 4) is 5.75 Å². The topological polar surface area (TPSA) is 93.2 Å². The van der Waals surface area contributed by atoms with Crippen molar-refractivity contribution in [2.75, 3.05) is 13.7 Å². The van der Waals surface area contributed by atoms with Crippen LogP contribution in [0.1, 0.15) is 31.8 Å². The Morgan fingerprint density at radius 2 is 1.62 bits per heavy atom. The van der Waals surface area contributed by atoms with Gasteiger partial charge in [-0.15, -0.1) is 0 Å². The molecule has 0 aliphatic carbocycles. The van der Waals surface area contributed by atoms with Gasteiger partial charge in [0, 0.05) is 37.9 Å². The third-order valence-corrected chi connectivity index (χ3v) is 4.30. The van der Waals surface area contributed by atoms with Crippen molar-refractivity contribution in [2.24, 2.45) is 0 Å². The lowest BCUT2D eigenvalue weighted by atomic mass is 10.1. The molecule has 0 bridgehead atoms. The van der Waals surface area contributed by atoms with E-state index in [0.717, 1.165) is 16.9 Å². The molecule has 29 heavy (non-hydrogen) atoms. The molecule has 0 saturated carbocycles.